The normalized spacial score (nSPS) is 11.3. The molecule has 0 saturated heterocycles. The lowest BCUT2D eigenvalue weighted by Gasteiger charge is -2.19. The summed E-state index contributed by atoms with van der Waals surface area (Å²) < 4.78 is 27.3. The van der Waals surface area contributed by atoms with Gasteiger partial charge in [0.2, 0.25) is 0 Å². The third kappa shape index (κ3) is 10.4. The van der Waals surface area contributed by atoms with Gasteiger partial charge in [-0.15, -0.1) is 0 Å². The standard InChI is InChI=1S/C32H36O8/c1-31(2,3)39-28(33)20-36-26-14-12-23(13-15-26)24-16-25(30(35)38-19-22-10-8-7-9-11-22)18-27(17-24)37-21-29(34)40-32(4,5)6/h7-18H,19-21H2,1-6H3. The number of benzene rings is 3. The molecule has 212 valence electrons. The Balaban J connectivity index is 1.78. The van der Waals surface area contributed by atoms with Crippen LogP contribution in [0.1, 0.15) is 57.5 Å². The lowest BCUT2D eigenvalue weighted by molar-refractivity contribution is -0.158. The van der Waals surface area contributed by atoms with E-state index in [1.165, 1.54) is 6.07 Å². The van der Waals surface area contributed by atoms with Gasteiger partial charge in [-0.05, 0) is 88.6 Å². The van der Waals surface area contributed by atoms with Crippen LogP contribution in [0.4, 0.5) is 0 Å². The van der Waals surface area contributed by atoms with Crippen LogP contribution in [0.2, 0.25) is 0 Å². The molecule has 0 bridgehead atoms. The molecule has 8 heteroatoms. The van der Waals surface area contributed by atoms with E-state index >= 15 is 0 Å². The van der Waals surface area contributed by atoms with Crippen molar-refractivity contribution in [1.29, 1.82) is 0 Å². The zero-order valence-corrected chi connectivity index (χ0v) is 23.8. The summed E-state index contributed by atoms with van der Waals surface area (Å²) in [5.41, 5.74) is 1.28. The summed E-state index contributed by atoms with van der Waals surface area (Å²) in [6, 6.07) is 21.3. The Morgan fingerprint density at radius 3 is 1.73 bits per heavy atom. The van der Waals surface area contributed by atoms with Crippen LogP contribution in [0, 0.1) is 0 Å². The average molecular weight is 549 g/mol. The monoisotopic (exact) mass is 548 g/mol. The van der Waals surface area contributed by atoms with Crippen molar-refractivity contribution in [3.05, 3.63) is 83.9 Å². The largest absolute Gasteiger partial charge is 0.482 e. The van der Waals surface area contributed by atoms with Gasteiger partial charge in [-0.3, -0.25) is 0 Å². The van der Waals surface area contributed by atoms with E-state index in [9.17, 15) is 14.4 Å². The minimum Gasteiger partial charge on any atom is -0.482 e. The molecule has 3 aromatic rings. The molecule has 0 spiro atoms. The molecule has 0 N–H and O–H groups in total. The number of carbonyl (C=O) groups excluding carboxylic acids is 3. The van der Waals surface area contributed by atoms with Crippen molar-refractivity contribution in [2.24, 2.45) is 0 Å². The summed E-state index contributed by atoms with van der Waals surface area (Å²) in [6.07, 6.45) is 0. The van der Waals surface area contributed by atoms with E-state index in [-0.39, 0.29) is 25.4 Å². The van der Waals surface area contributed by atoms with Crippen LogP contribution in [0.15, 0.2) is 72.8 Å². The molecular weight excluding hydrogens is 512 g/mol. The summed E-state index contributed by atoms with van der Waals surface area (Å²) >= 11 is 0. The SMILES string of the molecule is CC(C)(C)OC(=O)COc1ccc(-c2cc(OCC(=O)OC(C)(C)C)cc(C(=O)OCc3ccccc3)c2)cc1. The topological polar surface area (TPSA) is 97.4 Å². The lowest BCUT2D eigenvalue weighted by Crippen LogP contribution is -2.27. The molecule has 3 aromatic carbocycles. The van der Waals surface area contributed by atoms with Crippen LogP contribution < -0.4 is 9.47 Å². The highest BCUT2D eigenvalue weighted by atomic mass is 16.6. The highest BCUT2D eigenvalue weighted by molar-refractivity contribution is 5.92. The molecule has 0 atom stereocenters. The van der Waals surface area contributed by atoms with Crippen molar-refractivity contribution in [3.63, 3.8) is 0 Å². The Labute approximate surface area is 235 Å². The van der Waals surface area contributed by atoms with Gasteiger partial charge in [0.05, 0.1) is 5.56 Å². The van der Waals surface area contributed by atoms with Crippen LogP contribution in [0.5, 0.6) is 11.5 Å². The van der Waals surface area contributed by atoms with Crippen molar-refractivity contribution in [3.8, 4) is 22.6 Å². The van der Waals surface area contributed by atoms with E-state index < -0.39 is 29.1 Å². The van der Waals surface area contributed by atoms with E-state index in [1.807, 2.05) is 30.3 Å². The van der Waals surface area contributed by atoms with Crippen molar-refractivity contribution in [1.82, 2.24) is 0 Å². The Morgan fingerprint density at radius 1 is 0.625 bits per heavy atom. The van der Waals surface area contributed by atoms with Crippen LogP contribution in [-0.4, -0.2) is 42.3 Å². The summed E-state index contributed by atoms with van der Waals surface area (Å²) in [5.74, 6) is -0.748. The first-order chi connectivity index (χ1) is 18.8. The summed E-state index contributed by atoms with van der Waals surface area (Å²) in [5, 5.41) is 0. The molecule has 40 heavy (non-hydrogen) atoms. The third-order valence-corrected chi connectivity index (χ3v) is 5.10. The smallest absolute Gasteiger partial charge is 0.344 e. The summed E-state index contributed by atoms with van der Waals surface area (Å²) in [7, 11) is 0. The van der Waals surface area contributed by atoms with E-state index in [4.69, 9.17) is 23.7 Å². The zero-order valence-electron chi connectivity index (χ0n) is 23.8. The molecule has 0 unspecified atom stereocenters. The number of ether oxygens (including phenoxy) is 5. The van der Waals surface area contributed by atoms with Crippen molar-refractivity contribution < 1.29 is 38.1 Å². The van der Waals surface area contributed by atoms with Gasteiger partial charge in [-0.2, -0.15) is 0 Å². The predicted octanol–water partition coefficient (Wildman–Crippen LogP) is 6.15. The van der Waals surface area contributed by atoms with Gasteiger partial charge in [0, 0.05) is 0 Å². The Hall–Kier alpha value is -4.33. The number of carbonyl (C=O) groups is 3. The third-order valence-electron chi connectivity index (χ3n) is 5.10. The van der Waals surface area contributed by atoms with E-state index in [2.05, 4.69) is 0 Å². The number of hydrogen-bond acceptors (Lipinski definition) is 8. The van der Waals surface area contributed by atoms with Gasteiger partial charge in [-0.1, -0.05) is 42.5 Å². The first-order valence-corrected chi connectivity index (χ1v) is 12.9. The maximum Gasteiger partial charge on any atom is 0.344 e. The second kappa shape index (κ2) is 13.2. The van der Waals surface area contributed by atoms with Gasteiger partial charge < -0.3 is 23.7 Å². The van der Waals surface area contributed by atoms with Crippen molar-refractivity contribution in [2.45, 2.75) is 59.4 Å². The molecule has 0 fully saturated rings. The summed E-state index contributed by atoms with van der Waals surface area (Å²) in [6.45, 7) is 10.2. The fourth-order valence-corrected chi connectivity index (χ4v) is 3.54. The maximum atomic E-state index is 12.9. The molecule has 0 saturated carbocycles. The average Bonchev–Trinajstić information content (AvgIpc) is 2.88. The van der Waals surface area contributed by atoms with Crippen molar-refractivity contribution >= 4 is 17.9 Å². The minimum atomic E-state index is -0.651. The second-order valence-corrected chi connectivity index (χ2v) is 11.1. The molecule has 0 heterocycles. The van der Waals surface area contributed by atoms with Gasteiger partial charge in [0.25, 0.3) is 0 Å². The number of esters is 3. The molecule has 0 aliphatic heterocycles. The molecular formula is C32H36O8. The van der Waals surface area contributed by atoms with Crippen LogP contribution in [0.3, 0.4) is 0 Å². The van der Waals surface area contributed by atoms with Gasteiger partial charge in [-0.25, -0.2) is 14.4 Å². The maximum absolute atomic E-state index is 12.9. The van der Waals surface area contributed by atoms with Gasteiger partial charge in [0.1, 0.15) is 29.3 Å². The molecule has 8 nitrogen and oxygen atoms in total. The first-order valence-electron chi connectivity index (χ1n) is 12.9. The Morgan fingerprint density at radius 2 is 1.18 bits per heavy atom. The van der Waals surface area contributed by atoms with E-state index in [1.54, 1.807) is 77.9 Å². The lowest BCUT2D eigenvalue weighted by atomic mass is 10.0. The van der Waals surface area contributed by atoms with Gasteiger partial charge >= 0.3 is 17.9 Å². The minimum absolute atomic E-state index is 0.113. The molecule has 0 aliphatic rings. The highest BCUT2D eigenvalue weighted by Crippen LogP contribution is 2.29. The fourth-order valence-electron chi connectivity index (χ4n) is 3.54. The Kier molecular flexibility index (Phi) is 9.93. The van der Waals surface area contributed by atoms with Crippen LogP contribution >= 0.6 is 0 Å². The highest BCUT2D eigenvalue weighted by Gasteiger charge is 2.19. The quantitative estimate of drug-likeness (QED) is 0.220. The van der Waals surface area contributed by atoms with Crippen LogP contribution in [-0.2, 0) is 30.4 Å². The molecule has 3 rings (SSSR count). The first kappa shape index (κ1) is 30.2. The zero-order chi connectivity index (χ0) is 29.3. The van der Waals surface area contributed by atoms with E-state index in [0.29, 0.717) is 17.1 Å². The Bertz CT molecular complexity index is 1300. The van der Waals surface area contributed by atoms with Gasteiger partial charge in [0.15, 0.2) is 13.2 Å². The van der Waals surface area contributed by atoms with E-state index in [0.717, 1.165) is 11.1 Å². The molecule has 0 amide bonds. The number of rotatable bonds is 10. The molecule has 0 radical (unpaired) electrons. The second-order valence-electron chi connectivity index (χ2n) is 11.1. The molecule has 0 aliphatic carbocycles. The predicted molar refractivity (Wildman–Crippen MR) is 150 cm³/mol. The fraction of sp³-hybridized carbons (Fsp3) is 0.344. The van der Waals surface area contributed by atoms with Crippen LogP contribution in [0.25, 0.3) is 11.1 Å². The van der Waals surface area contributed by atoms with Crippen molar-refractivity contribution in [2.75, 3.05) is 13.2 Å². The summed E-state index contributed by atoms with van der Waals surface area (Å²) in [4.78, 5) is 37.1. The molecule has 0 aromatic heterocycles. The number of hydrogen-bond donors (Lipinski definition) is 0.